The lowest BCUT2D eigenvalue weighted by Crippen LogP contribution is -2.60. The van der Waals surface area contributed by atoms with Crippen molar-refractivity contribution in [2.75, 3.05) is 20.3 Å². The summed E-state index contributed by atoms with van der Waals surface area (Å²) in [4.78, 5) is 38.1. The number of oxime groups is 1. The van der Waals surface area contributed by atoms with Gasteiger partial charge in [-0.25, -0.2) is 0 Å². The van der Waals surface area contributed by atoms with Crippen LogP contribution in [-0.2, 0) is 29.4 Å². The highest BCUT2D eigenvalue weighted by Crippen LogP contribution is 2.40. The van der Waals surface area contributed by atoms with Gasteiger partial charge in [0.15, 0.2) is 11.7 Å². The summed E-state index contributed by atoms with van der Waals surface area (Å²) in [5, 5.41) is 15.2. The van der Waals surface area contributed by atoms with E-state index in [-0.39, 0.29) is 13.0 Å². The molecule has 2 N–H and O–H groups in total. The van der Waals surface area contributed by atoms with Gasteiger partial charge in [-0.15, -0.1) is 5.16 Å². The summed E-state index contributed by atoms with van der Waals surface area (Å²) in [5.41, 5.74) is -0.680. The molecule has 1 aliphatic rings. The topological polar surface area (TPSA) is 114 Å². The van der Waals surface area contributed by atoms with E-state index >= 15 is 0 Å². The zero-order valence-electron chi connectivity index (χ0n) is 16.1. The second-order valence-corrected chi connectivity index (χ2v) is 6.58. The van der Waals surface area contributed by atoms with Crippen molar-refractivity contribution in [2.45, 2.75) is 31.7 Å². The van der Waals surface area contributed by atoms with E-state index < -0.39 is 35.1 Å². The number of benzene rings is 1. The quantitative estimate of drug-likeness (QED) is 0.228. The fourth-order valence-electron chi connectivity index (χ4n) is 3.78. The number of hydrogen-bond acceptors (Lipinski definition) is 8. The van der Waals surface area contributed by atoms with Gasteiger partial charge in [0.2, 0.25) is 0 Å². The van der Waals surface area contributed by atoms with E-state index in [4.69, 9.17) is 14.7 Å². The van der Waals surface area contributed by atoms with Gasteiger partial charge in [0, 0.05) is 0 Å². The Morgan fingerprint density at radius 3 is 2.68 bits per heavy atom. The molecule has 3 unspecified atom stereocenters. The predicted molar refractivity (Wildman–Crippen MR) is 101 cm³/mol. The lowest BCUT2D eigenvalue weighted by atomic mass is 9.67. The van der Waals surface area contributed by atoms with E-state index in [0.29, 0.717) is 18.5 Å². The molecule has 1 aliphatic heterocycles. The lowest BCUT2D eigenvalue weighted by molar-refractivity contribution is -0.151. The summed E-state index contributed by atoms with van der Waals surface area (Å²) in [6.45, 7) is 2.24. The maximum Gasteiger partial charge on any atom is 0.322 e. The van der Waals surface area contributed by atoms with Crippen LogP contribution in [0.15, 0.2) is 35.5 Å². The monoisotopic (exact) mass is 390 g/mol. The van der Waals surface area contributed by atoms with Crippen LogP contribution in [0.3, 0.4) is 0 Å². The second kappa shape index (κ2) is 9.98. The third-order valence-electron chi connectivity index (χ3n) is 5.04. The van der Waals surface area contributed by atoms with Gasteiger partial charge in [0.25, 0.3) is 0 Å². The molecule has 0 radical (unpaired) electrons. The van der Waals surface area contributed by atoms with Crippen LogP contribution in [0.5, 0.6) is 0 Å². The molecule has 1 heterocycles. The summed E-state index contributed by atoms with van der Waals surface area (Å²) in [6, 6.07) is 8.94. The Kier molecular flexibility index (Phi) is 7.69. The molecule has 0 aromatic heterocycles. The Bertz CT molecular complexity index is 721. The summed E-state index contributed by atoms with van der Waals surface area (Å²) in [5.74, 6) is -3.61. The first-order valence-corrected chi connectivity index (χ1v) is 9.27. The molecule has 3 atom stereocenters. The smallest absolute Gasteiger partial charge is 0.322 e. The van der Waals surface area contributed by atoms with Gasteiger partial charge < -0.3 is 20.0 Å². The van der Waals surface area contributed by atoms with Crippen molar-refractivity contribution >= 4 is 23.9 Å². The summed E-state index contributed by atoms with van der Waals surface area (Å²) < 4.78 is 9.83. The molecule has 1 fully saturated rings. The van der Waals surface area contributed by atoms with Crippen LogP contribution in [0.1, 0.15) is 31.7 Å². The zero-order valence-corrected chi connectivity index (χ0v) is 16.1. The number of piperidine rings is 1. The summed E-state index contributed by atoms with van der Waals surface area (Å²) in [6.07, 6.45) is 2.24. The maximum absolute atomic E-state index is 13.7. The van der Waals surface area contributed by atoms with Gasteiger partial charge in [0.05, 0.1) is 26.4 Å². The minimum atomic E-state index is -1.41. The molecule has 1 aromatic carbocycles. The average Bonchev–Trinajstić information content (AvgIpc) is 2.72. The fraction of sp³-hybridized carbons (Fsp3) is 0.500. The molecule has 1 saturated heterocycles. The fourth-order valence-corrected chi connectivity index (χ4v) is 3.78. The first-order valence-electron chi connectivity index (χ1n) is 9.27. The van der Waals surface area contributed by atoms with Crippen molar-refractivity contribution in [3.8, 4) is 0 Å². The van der Waals surface area contributed by atoms with Crippen LogP contribution in [0, 0.1) is 11.8 Å². The number of carbonyl (C=O) groups excluding carboxylic acids is 3. The van der Waals surface area contributed by atoms with Crippen molar-refractivity contribution in [2.24, 2.45) is 17.0 Å². The van der Waals surface area contributed by atoms with Crippen molar-refractivity contribution < 1.29 is 29.1 Å². The highest BCUT2D eigenvalue weighted by molar-refractivity contribution is 6.15. The lowest BCUT2D eigenvalue weighted by Gasteiger charge is -2.44. The molecule has 0 spiro atoms. The van der Waals surface area contributed by atoms with Crippen LogP contribution in [-0.4, -0.2) is 49.4 Å². The Labute approximate surface area is 163 Å². The zero-order chi connectivity index (χ0) is 20.6. The van der Waals surface area contributed by atoms with Gasteiger partial charge >= 0.3 is 11.9 Å². The highest BCUT2D eigenvalue weighted by Gasteiger charge is 2.52. The first kappa shape index (κ1) is 21.6. The number of hydrogen-bond donors (Lipinski definition) is 2. The van der Waals surface area contributed by atoms with Gasteiger partial charge in [0.1, 0.15) is 5.54 Å². The summed E-state index contributed by atoms with van der Waals surface area (Å²) in [7, 11) is 1.30. The van der Waals surface area contributed by atoms with E-state index in [1.54, 1.807) is 31.2 Å². The number of nitrogens with one attached hydrogen (secondary N) is 1. The molecule has 28 heavy (non-hydrogen) atoms. The highest BCUT2D eigenvalue weighted by atomic mass is 16.5. The van der Waals surface area contributed by atoms with Crippen molar-refractivity contribution in [1.82, 2.24) is 5.32 Å². The van der Waals surface area contributed by atoms with E-state index in [1.165, 1.54) is 7.11 Å². The SMILES string of the molecule is CCOC(=O)C(/C=N/O)C(=O)C1(c2ccccc2)NCCCC1CC(=O)OC. The molecule has 2 rings (SSSR count). The Hall–Kier alpha value is -2.74. The molecular formula is C20H26N2O6. The second-order valence-electron chi connectivity index (χ2n) is 6.58. The third kappa shape index (κ3) is 4.39. The average molecular weight is 390 g/mol. The molecule has 8 nitrogen and oxygen atoms in total. The number of ether oxygens (including phenoxy) is 2. The van der Waals surface area contributed by atoms with E-state index in [1.807, 2.05) is 6.07 Å². The number of esters is 2. The molecule has 152 valence electrons. The summed E-state index contributed by atoms with van der Waals surface area (Å²) >= 11 is 0. The van der Waals surface area contributed by atoms with Gasteiger partial charge in [-0.1, -0.05) is 30.3 Å². The van der Waals surface area contributed by atoms with E-state index in [9.17, 15) is 14.4 Å². The van der Waals surface area contributed by atoms with Gasteiger partial charge in [-0.3, -0.25) is 14.4 Å². The van der Waals surface area contributed by atoms with Crippen LogP contribution < -0.4 is 5.32 Å². The minimum Gasteiger partial charge on any atom is -0.469 e. The molecular weight excluding hydrogens is 364 g/mol. The number of ketones is 1. The van der Waals surface area contributed by atoms with Crippen molar-refractivity contribution in [3.05, 3.63) is 35.9 Å². The van der Waals surface area contributed by atoms with Crippen LogP contribution in [0.2, 0.25) is 0 Å². The number of carbonyl (C=O) groups is 3. The number of methoxy groups -OCH3 is 1. The molecule has 8 heteroatoms. The van der Waals surface area contributed by atoms with Crippen LogP contribution >= 0.6 is 0 Å². The largest absolute Gasteiger partial charge is 0.469 e. The Balaban J connectivity index is 2.58. The first-order chi connectivity index (χ1) is 13.5. The number of nitrogens with zero attached hydrogens (tertiary/aromatic N) is 1. The molecule has 0 saturated carbocycles. The molecule has 0 aliphatic carbocycles. The van der Waals surface area contributed by atoms with Crippen molar-refractivity contribution in [3.63, 3.8) is 0 Å². The van der Waals surface area contributed by atoms with Crippen LogP contribution in [0.4, 0.5) is 0 Å². The molecule has 0 bridgehead atoms. The minimum absolute atomic E-state index is 0.00987. The maximum atomic E-state index is 13.7. The van der Waals surface area contributed by atoms with Crippen molar-refractivity contribution in [1.29, 1.82) is 0 Å². The predicted octanol–water partition coefficient (Wildman–Crippen LogP) is 1.65. The normalized spacial score (nSPS) is 23.1. The Morgan fingerprint density at radius 1 is 1.36 bits per heavy atom. The Morgan fingerprint density at radius 2 is 2.07 bits per heavy atom. The van der Waals surface area contributed by atoms with E-state index in [2.05, 4.69) is 10.5 Å². The molecule has 1 aromatic rings. The number of Topliss-reactive ketones (excluding diaryl/α,β-unsaturated/α-hetero) is 1. The van der Waals surface area contributed by atoms with Crippen LogP contribution in [0.25, 0.3) is 0 Å². The molecule has 0 amide bonds. The van der Waals surface area contributed by atoms with Gasteiger partial charge in [-0.05, 0) is 37.8 Å². The number of rotatable bonds is 8. The standard InChI is InChI=1S/C20H26N2O6/c1-3-28-19(25)16(13-22-26)18(24)20(14-8-5-4-6-9-14)15(10-7-11-21-20)12-17(23)27-2/h4-6,8-9,13,15-16,21,26H,3,7,10-12H2,1-2H3/b22-13+. The van der Waals surface area contributed by atoms with Gasteiger partial charge in [-0.2, -0.15) is 0 Å². The van der Waals surface area contributed by atoms with E-state index in [0.717, 1.165) is 12.6 Å². The third-order valence-corrected chi connectivity index (χ3v) is 5.04.